The molecule has 0 aromatic heterocycles. The third-order valence-corrected chi connectivity index (χ3v) is 5.19. The second-order valence-electron chi connectivity index (χ2n) is 8.45. The van der Waals surface area contributed by atoms with Crippen LogP contribution in [0.15, 0.2) is 72.8 Å². The summed E-state index contributed by atoms with van der Waals surface area (Å²) in [6.45, 7) is 8.25. The lowest BCUT2D eigenvalue weighted by Gasteiger charge is -2.14. The highest BCUT2D eigenvalue weighted by molar-refractivity contribution is 6.05. The summed E-state index contributed by atoms with van der Waals surface area (Å²) >= 11 is 0. The second kappa shape index (κ2) is 10.1. The maximum absolute atomic E-state index is 12.8. The van der Waals surface area contributed by atoms with Crippen LogP contribution in [0, 0.1) is 12.8 Å². The van der Waals surface area contributed by atoms with Crippen molar-refractivity contribution in [2.45, 2.75) is 40.0 Å². The van der Waals surface area contributed by atoms with E-state index >= 15 is 0 Å². The SMILES string of the molecule is Cc1cccc(NC(=O)c2cccc(NC(=O)[C@@H](C)c3ccc(CC(C)C)cc3)c2)c1. The largest absolute Gasteiger partial charge is 0.326 e. The predicted octanol–water partition coefficient (Wildman–Crippen LogP) is 6.19. The molecule has 1 atom stereocenters. The number of benzene rings is 3. The summed E-state index contributed by atoms with van der Waals surface area (Å²) in [5, 5.41) is 5.83. The van der Waals surface area contributed by atoms with E-state index in [9.17, 15) is 9.59 Å². The van der Waals surface area contributed by atoms with Gasteiger partial charge in [-0.1, -0.05) is 56.3 Å². The molecule has 3 aromatic rings. The quantitative estimate of drug-likeness (QED) is 0.484. The van der Waals surface area contributed by atoms with Crippen LogP contribution < -0.4 is 10.6 Å². The number of carbonyl (C=O) groups is 2. The van der Waals surface area contributed by atoms with E-state index in [4.69, 9.17) is 0 Å². The molecule has 0 bridgehead atoms. The Balaban J connectivity index is 1.65. The Hall–Kier alpha value is -3.40. The van der Waals surface area contributed by atoms with Crippen molar-refractivity contribution < 1.29 is 9.59 Å². The van der Waals surface area contributed by atoms with Crippen LogP contribution >= 0.6 is 0 Å². The van der Waals surface area contributed by atoms with Gasteiger partial charge in [0, 0.05) is 16.9 Å². The molecule has 0 saturated carbocycles. The van der Waals surface area contributed by atoms with E-state index in [-0.39, 0.29) is 17.7 Å². The number of hydrogen-bond acceptors (Lipinski definition) is 2. The van der Waals surface area contributed by atoms with Gasteiger partial charge in [0.2, 0.25) is 5.91 Å². The number of carbonyl (C=O) groups excluding carboxylic acids is 2. The standard InChI is InChI=1S/C27H30N2O2/c1-18(2)15-21-11-13-22(14-12-21)20(4)26(30)28-25-10-6-8-23(17-25)27(31)29-24-9-5-7-19(3)16-24/h5-14,16-18,20H,15H2,1-4H3,(H,28,30)(H,29,31)/t20-/m0/s1. The first-order chi connectivity index (χ1) is 14.8. The summed E-state index contributed by atoms with van der Waals surface area (Å²) in [6, 6.07) is 22.9. The van der Waals surface area contributed by atoms with Crippen molar-refractivity contribution >= 4 is 23.2 Å². The predicted molar refractivity (Wildman–Crippen MR) is 128 cm³/mol. The van der Waals surface area contributed by atoms with Gasteiger partial charge in [-0.05, 0) is 73.2 Å². The fourth-order valence-electron chi connectivity index (χ4n) is 3.48. The van der Waals surface area contributed by atoms with Crippen LogP contribution in [0.1, 0.15) is 53.7 Å². The number of nitrogens with one attached hydrogen (secondary N) is 2. The molecule has 4 heteroatoms. The van der Waals surface area contributed by atoms with E-state index in [2.05, 4.69) is 36.6 Å². The number of rotatable bonds is 7. The van der Waals surface area contributed by atoms with Crippen molar-refractivity contribution in [2.24, 2.45) is 5.92 Å². The molecule has 0 saturated heterocycles. The van der Waals surface area contributed by atoms with Gasteiger partial charge in [-0.25, -0.2) is 0 Å². The lowest BCUT2D eigenvalue weighted by atomic mass is 9.96. The normalized spacial score (nSPS) is 11.8. The van der Waals surface area contributed by atoms with Crippen molar-refractivity contribution in [1.82, 2.24) is 0 Å². The van der Waals surface area contributed by atoms with Crippen LogP contribution in [0.2, 0.25) is 0 Å². The number of aryl methyl sites for hydroxylation is 1. The van der Waals surface area contributed by atoms with Crippen LogP contribution in [-0.4, -0.2) is 11.8 Å². The molecule has 0 radical (unpaired) electrons. The average Bonchev–Trinajstić information content (AvgIpc) is 2.73. The highest BCUT2D eigenvalue weighted by atomic mass is 16.2. The lowest BCUT2D eigenvalue weighted by molar-refractivity contribution is -0.117. The van der Waals surface area contributed by atoms with Gasteiger partial charge in [0.15, 0.2) is 0 Å². The van der Waals surface area contributed by atoms with E-state index < -0.39 is 0 Å². The van der Waals surface area contributed by atoms with Crippen molar-refractivity contribution in [3.8, 4) is 0 Å². The van der Waals surface area contributed by atoms with Gasteiger partial charge in [0.1, 0.15) is 0 Å². The maximum atomic E-state index is 12.8. The molecule has 0 spiro atoms. The van der Waals surface area contributed by atoms with E-state index in [1.54, 1.807) is 24.3 Å². The Kier molecular flexibility index (Phi) is 7.24. The number of amides is 2. The van der Waals surface area contributed by atoms with Crippen LogP contribution in [0.5, 0.6) is 0 Å². The number of hydrogen-bond donors (Lipinski definition) is 2. The van der Waals surface area contributed by atoms with Gasteiger partial charge >= 0.3 is 0 Å². The fourth-order valence-corrected chi connectivity index (χ4v) is 3.48. The summed E-state index contributed by atoms with van der Waals surface area (Å²) in [4.78, 5) is 25.4. The summed E-state index contributed by atoms with van der Waals surface area (Å²) in [5.41, 5.74) is 5.16. The first-order valence-corrected chi connectivity index (χ1v) is 10.7. The number of anilines is 2. The zero-order valence-electron chi connectivity index (χ0n) is 18.6. The maximum Gasteiger partial charge on any atom is 0.255 e. The van der Waals surface area contributed by atoms with Gasteiger partial charge in [0.25, 0.3) is 5.91 Å². The Morgan fingerprint density at radius 1 is 0.806 bits per heavy atom. The lowest BCUT2D eigenvalue weighted by Crippen LogP contribution is -2.19. The Morgan fingerprint density at radius 2 is 1.45 bits per heavy atom. The molecule has 0 unspecified atom stereocenters. The molecular weight excluding hydrogens is 384 g/mol. The van der Waals surface area contributed by atoms with Gasteiger partial charge in [-0.2, -0.15) is 0 Å². The van der Waals surface area contributed by atoms with Gasteiger partial charge in [-0.15, -0.1) is 0 Å². The third-order valence-electron chi connectivity index (χ3n) is 5.19. The molecule has 0 aliphatic carbocycles. The minimum atomic E-state index is -0.294. The molecule has 4 nitrogen and oxygen atoms in total. The van der Waals surface area contributed by atoms with Crippen LogP contribution in [-0.2, 0) is 11.2 Å². The van der Waals surface area contributed by atoms with Gasteiger partial charge < -0.3 is 10.6 Å². The first kappa shape index (κ1) is 22.3. The molecule has 3 aromatic carbocycles. The topological polar surface area (TPSA) is 58.2 Å². The van der Waals surface area contributed by atoms with E-state index in [1.807, 2.05) is 50.2 Å². The highest BCUT2D eigenvalue weighted by Crippen LogP contribution is 2.21. The third kappa shape index (κ3) is 6.29. The Morgan fingerprint density at radius 3 is 2.10 bits per heavy atom. The van der Waals surface area contributed by atoms with Gasteiger partial charge in [0.05, 0.1) is 5.92 Å². The molecule has 160 valence electrons. The minimum absolute atomic E-state index is 0.104. The van der Waals surface area contributed by atoms with Crippen LogP contribution in [0.3, 0.4) is 0 Å². The smallest absolute Gasteiger partial charge is 0.255 e. The molecule has 0 aliphatic heterocycles. The Labute approximate surface area is 184 Å². The molecular formula is C27H30N2O2. The molecule has 2 amide bonds. The minimum Gasteiger partial charge on any atom is -0.326 e. The molecule has 0 heterocycles. The Bertz CT molecular complexity index is 1050. The highest BCUT2D eigenvalue weighted by Gasteiger charge is 2.16. The van der Waals surface area contributed by atoms with Gasteiger partial charge in [-0.3, -0.25) is 9.59 Å². The van der Waals surface area contributed by atoms with Crippen LogP contribution in [0.4, 0.5) is 11.4 Å². The molecule has 0 aliphatic rings. The molecule has 2 N–H and O–H groups in total. The summed E-state index contributed by atoms with van der Waals surface area (Å²) in [5.74, 6) is -0.0109. The van der Waals surface area contributed by atoms with Crippen molar-refractivity contribution in [1.29, 1.82) is 0 Å². The van der Waals surface area contributed by atoms with Crippen molar-refractivity contribution in [3.05, 3.63) is 95.1 Å². The van der Waals surface area contributed by atoms with Crippen LogP contribution in [0.25, 0.3) is 0 Å². The van der Waals surface area contributed by atoms with Crippen molar-refractivity contribution in [2.75, 3.05) is 10.6 Å². The zero-order chi connectivity index (χ0) is 22.4. The monoisotopic (exact) mass is 414 g/mol. The average molecular weight is 415 g/mol. The van der Waals surface area contributed by atoms with Crippen molar-refractivity contribution in [3.63, 3.8) is 0 Å². The molecule has 0 fully saturated rings. The summed E-state index contributed by atoms with van der Waals surface area (Å²) in [7, 11) is 0. The first-order valence-electron chi connectivity index (χ1n) is 10.7. The van der Waals surface area contributed by atoms with E-state index in [0.29, 0.717) is 17.2 Å². The van der Waals surface area contributed by atoms with E-state index in [1.165, 1.54) is 5.56 Å². The second-order valence-corrected chi connectivity index (χ2v) is 8.45. The fraction of sp³-hybridized carbons (Fsp3) is 0.259. The zero-order valence-corrected chi connectivity index (χ0v) is 18.6. The van der Waals surface area contributed by atoms with E-state index in [0.717, 1.165) is 23.2 Å². The summed E-state index contributed by atoms with van der Waals surface area (Å²) < 4.78 is 0. The summed E-state index contributed by atoms with van der Waals surface area (Å²) in [6.07, 6.45) is 1.03. The molecule has 31 heavy (non-hydrogen) atoms. The molecule has 3 rings (SSSR count).